The molecule has 0 saturated heterocycles. The van der Waals surface area contributed by atoms with Gasteiger partial charge in [-0.3, -0.25) is 9.35 Å². The van der Waals surface area contributed by atoms with E-state index in [1.807, 2.05) is 19.1 Å². The van der Waals surface area contributed by atoms with Crippen LogP contribution in [0.2, 0.25) is 5.02 Å². The quantitative estimate of drug-likeness (QED) is 0.426. The molecule has 1 aliphatic heterocycles. The Labute approximate surface area is 203 Å². The molecule has 2 radical (unpaired) electrons. The summed E-state index contributed by atoms with van der Waals surface area (Å²) < 4.78 is 32.6. The van der Waals surface area contributed by atoms with Crippen LogP contribution in [0.3, 0.4) is 0 Å². The molecular weight excluding hydrogens is 444 g/mol. The first-order valence-electron chi connectivity index (χ1n) is 8.22. The second-order valence-corrected chi connectivity index (χ2v) is 8.19. The Morgan fingerprint density at radius 3 is 2.34 bits per heavy atom. The van der Waals surface area contributed by atoms with Gasteiger partial charge in [-0.1, -0.05) is 29.3 Å². The molecule has 11 heteroatoms. The van der Waals surface area contributed by atoms with E-state index >= 15 is 0 Å². The number of carbonyl (C=O) groups excluding carboxylic acids is 1. The molecule has 0 fully saturated rings. The average molecular weight is 461 g/mol. The molecule has 1 atom stereocenters. The zero-order valence-electron chi connectivity index (χ0n) is 16.0. The number of hydrogen-bond donors (Lipinski definition) is 1. The Morgan fingerprint density at radius 2 is 1.76 bits per heavy atom. The minimum atomic E-state index is -4.57. The van der Waals surface area contributed by atoms with Crippen LogP contribution in [0, 0.1) is 13.8 Å². The van der Waals surface area contributed by atoms with E-state index in [-0.39, 0.29) is 48.4 Å². The number of aryl methyl sites for hydroxylation is 2. The molecule has 29 heavy (non-hydrogen) atoms. The summed E-state index contributed by atoms with van der Waals surface area (Å²) in [7, 11) is -4.57. The maximum Gasteiger partial charge on any atom is 0.296 e. The molecule has 0 saturated carbocycles. The first-order chi connectivity index (χ1) is 13.1. The van der Waals surface area contributed by atoms with Crippen molar-refractivity contribution >= 4 is 82.5 Å². The van der Waals surface area contributed by atoms with Gasteiger partial charge >= 0.3 is 0 Å². The summed E-state index contributed by atoms with van der Waals surface area (Å²) in [5.74, 6) is -0.413. The number of benzene rings is 2. The molecule has 2 aromatic carbocycles. The maximum absolute atomic E-state index is 12.7. The molecule has 0 spiro atoms. The van der Waals surface area contributed by atoms with Crippen molar-refractivity contribution in [1.82, 2.24) is 0 Å². The monoisotopic (exact) mass is 460 g/mol. The number of nitrogens with zero attached hydrogens (tertiary/aromatic N) is 4. The molecule has 1 N–H and O–H groups in total. The van der Waals surface area contributed by atoms with E-state index in [0.29, 0.717) is 17.0 Å². The van der Waals surface area contributed by atoms with E-state index in [2.05, 4.69) is 15.3 Å². The van der Waals surface area contributed by atoms with Gasteiger partial charge in [0.05, 0.1) is 11.4 Å². The normalized spacial score (nSPS) is 16.9. The van der Waals surface area contributed by atoms with Crippen LogP contribution < -0.4 is 5.01 Å². The van der Waals surface area contributed by atoms with E-state index in [1.165, 1.54) is 11.1 Å². The molecule has 1 unspecified atom stereocenters. The van der Waals surface area contributed by atoms with Crippen molar-refractivity contribution in [3.8, 4) is 0 Å². The van der Waals surface area contributed by atoms with Crippen LogP contribution >= 0.6 is 11.6 Å². The number of azo groups is 1. The summed E-state index contributed by atoms with van der Waals surface area (Å²) in [4.78, 5) is 12.2. The topological polar surface area (TPSA) is 112 Å². The number of halogens is 1. The van der Waals surface area contributed by atoms with Crippen LogP contribution in [0.25, 0.3) is 0 Å². The van der Waals surface area contributed by atoms with Crippen molar-refractivity contribution in [3.05, 3.63) is 52.5 Å². The van der Waals surface area contributed by atoms with E-state index in [1.54, 1.807) is 26.0 Å². The Kier molecular flexibility index (Phi) is 7.58. The van der Waals surface area contributed by atoms with Gasteiger partial charge in [0.1, 0.15) is 10.6 Å². The fourth-order valence-electron chi connectivity index (χ4n) is 2.61. The SMILES string of the molecule is CC1=NN(c2ccc(C)cc2)C(=O)C1N=Nc1cc(C)c(Cl)cc1S(=O)(=O)O.[Ca]. The number of hydrogen-bond acceptors (Lipinski definition) is 6. The number of rotatable bonds is 4. The minimum absolute atomic E-state index is 0. The molecule has 3 rings (SSSR count). The van der Waals surface area contributed by atoms with Gasteiger partial charge in [0.2, 0.25) is 0 Å². The summed E-state index contributed by atoms with van der Waals surface area (Å²) in [6.45, 7) is 5.22. The van der Waals surface area contributed by atoms with Crippen LogP contribution in [0.4, 0.5) is 11.4 Å². The van der Waals surface area contributed by atoms with Crippen LogP contribution in [-0.2, 0) is 14.9 Å². The third-order valence-electron chi connectivity index (χ3n) is 4.17. The molecule has 1 amide bonds. The van der Waals surface area contributed by atoms with Crippen molar-refractivity contribution in [2.75, 3.05) is 5.01 Å². The zero-order valence-corrected chi connectivity index (χ0v) is 19.8. The van der Waals surface area contributed by atoms with Crippen molar-refractivity contribution < 1.29 is 17.8 Å². The van der Waals surface area contributed by atoms with Crippen molar-refractivity contribution in [3.63, 3.8) is 0 Å². The Hall–Kier alpha value is -1.36. The molecule has 0 aliphatic carbocycles. The zero-order chi connectivity index (χ0) is 20.6. The Bertz CT molecular complexity index is 1120. The average Bonchev–Trinajstić information content (AvgIpc) is 2.89. The standard InChI is InChI=1S/C18H17ClN4O4S.Ca/c1-10-4-6-13(7-5-10)23-18(24)17(12(3)22-23)21-20-15-8-11(2)14(19)9-16(15)28(25,26)27;/h4-9,17H,1-3H3,(H,25,26,27);. The van der Waals surface area contributed by atoms with Gasteiger partial charge in [-0.05, 0) is 50.6 Å². The second-order valence-electron chi connectivity index (χ2n) is 6.39. The smallest absolute Gasteiger partial charge is 0.282 e. The van der Waals surface area contributed by atoms with Gasteiger partial charge in [0.25, 0.3) is 16.0 Å². The predicted molar refractivity (Wildman–Crippen MR) is 112 cm³/mol. The van der Waals surface area contributed by atoms with Crippen LogP contribution in [0.1, 0.15) is 18.1 Å². The number of anilines is 1. The molecule has 0 aromatic heterocycles. The molecule has 2 aromatic rings. The summed E-state index contributed by atoms with van der Waals surface area (Å²) in [5.41, 5.74) is 2.48. The molecule has 0 bridgehead atoms. The summed E-state index contributed by atoms with van der Waals surface area (Å²) >= 11 is 5.94. The third kappa shape index (κ3) is 5.22. The molecule has 148 valence electrons. The summed E-state index contributed by atoms with van der Waals surface area (Å²) in [5, 5.41) is 13.5. The van der Waals surface area contributed by atoms with Crippen LogP contribution in [0.15, 0.2) is 56.6 Å². The van der Waals surface area contributed by atoms with Crippen molar-refractivity contribution in [1.29, 1.82) is 0 Å². The maximum atomic E-state index is 12.7. The van der Waals surface area contributed by atoms with Gasteiger partial charge < -0.3 is 0 Å². The van der Waals surface area contributed by atoms with Gasteiger partial charge in [-0.25, -0.2) is 0 Å². The fraction of sp³-hybridized carbons (Fsp3) is 0.222. The van der Waals surface area contributed by atoms with Crippen molar-refractivity contribution in [2.24, 2.45) is 15.3 Å². The van der Waals surface area contributed by atoms with Crippen molar-refractivity contribution in [2.45, 2.75) is 31.7 Å². The number of hydrazone groups is 1. The van der Waals surface area contributed by atoms with Gasteiger partial charge in [-0.15, -0.1) is 0 Å². The van der Waals surface area contributed by atoms with E-state index in [0.717, 1.165) is 11.6 Å². The Morgan fingerprint density at radius 1 is 1.14 bits per heavy atom. The number of carbonyl (C=O) groups is 1. The molecule has 1 heterocycles. The van der Waals surface area contributed by atoms with Gasteiger partial charge in [-0.2, -0.15) is 28.8 Å². The first-order valence-corrected chi connectivity index (χ1v) is 10.0. The molecule has 8 nitrogen and oxygen atoms in total. The molecule has 1 aliphatic rings. The molecular formula is C18H17CaClN4O4S. The van der Waals surface area contributed by atoms with Gasteiger partial charge in [0.15, 0.2) is 6.04 Å². The Balaban J connectivity index is 0.00000300. The largest absolute Gasteiger partial charge is 0.296 e. The predicted octanol–water partition coefficient (Wildman–Crippen LogP) is 3.70. The third-order valence-corrected chi connectivity index (χ3v) is 5.46. The fourth-order valence-corrected chi connectivity index (χ4v) is 3.47. The summed E-state index contributed by atoms with van der Waals surface area (Å²) in [6, 6.07) is 8.72. The number of amides is 1. The van der Waals surface area contributed by atoms with E-state index in [9.17, 15) is 17.8 Å². The second kappa shape index (κ2) is 9.20. The van der Waals surface area contributed by atoms with Crippen LogP contribution in [0.5, 0.6) is 0 Å². The van der Waals surface area contributed by atoms with E-state index < -0.39 is 27.0 Å². The van der Waals surface area contributed by atoms with Gasteiger partial charge in [0, 0.05) is 42.8 Å². The summed E-state index contributed by atoms with van der Waals surface area (Å²) in [6.07, 6.45) is 0. The minimum Gasteiger partial charge on any atom is -0.282 e. The van der Waals surface area contributed by atoms with Crippen LogP contribution in [-0.4, -0.2) is 68.4 Å². The van der Waals surface area contributed by atoms with E-state index in [4.69, 9.17) is 11.6 Å². The first kappa shape index (κ1) is 23.9.